The van der Waals surface area contributed by atoms with E-state index in [1.54, 1.807) is 7.11 Å². The number of methoxy groups -OCH3 is 1. The number of hydrogen-bond acceptors (Lipinski definition) is 4. The van der Waals surface area contributed by atoms with E-state index in [-0.39, 0.29) is 18.2 Å². The molecule has 22 heavy (non-hydrogen) atoms. The van der Waals surface area contributed by atoms with Crippen molar-refractivity contribution in [1.29, 1.82) is 0 Å². The molecular weight excluding hydrogens is 282 g/mol. The van der Waals surface area contributed by atoms with Gasteiger partial charge in [0.05, 0.1) is 13.7 Å². The molecule has 5 nitrogen and oxygen atoms in total. The number of carbonyl (C=O) groups is 2. The van der Waals surface area contributed by atoms with E-state index in [0.29, 0.717) is 13.0 Å². The Hall–Kier alpha value is -2.04. The smallest absolute Gasteiger partial charge is 0.410 e. The molecule has 1 atom stereocenters. The van der Waals surface area contributed by atoms with Crippen molar-refractivity contribution in [2.75, 3.05) is 20.2 Å². The number of ether oxygens (including phenoxy) is 2. The summed E-state index contributed by atoms with van der Waals surface area (Å²) in [6.07, 6.45) is 0.176. The van der Waals surface area contributed by atoms with Crippen molar-refractivity contribution in [3.05, 3.63) is 29.8 Å². The van der Waals surface area contributed by atoms with E-state index in [1.165, 1.54) is 4.90 Å². The molecule has 1 aliphatic heterocycles. The number of hydrogen-bond donors (Lipinski definition) is 0. The lowest BCUT2D eigenvalue weighted by molar-refractivity contribution is -0.123. The predicted molar refractivity (Wildman–Crippen MR) is 83.2 cm³/mol. The molecule has 1 aromatic rings. The second-order valence-electron chi connectivity index (χ2n) is 6.49. The Morgan fingerprint density at radius 2 is 2.05 bits per heavy atom. The van der Waals surface area contributed by atoms with Gasteiger partial charge in [0.2, 0.25) is 0 Å². The number of nitrogens with zero attached hydrogens (tertiary/aromatic N) is 1. The summed E-state index contributed by atoms with van der Waals surface area (Å²) in [6.45, 7) is 6.06. The monoisotopic (exact) mass is 305 g/mol. The highest BCUT2D eigenvalue weighted by Crippen LogP contribution is 2.28. The SMILES string of the molecule is COc1cccc([C@@H]2CCN(C(=O)OC(C)(C)C)CC2=O)c1. The van der Waals surface area contributed by atoms with Crippen molar-refractivity contribution in [2.45, 2.75) is 38.7 Å². The van der Waals surface area contributed by atoms with Gasteiger partial charge in [-0.2, -0.15) is 0 Å². The van der Waals surface area contributed by atoms with Crippen LogP contribution in [0.2, 0.25) is 0 Å². The van der Waals surface area contributed by atoms with Gasteiger partial charge in [0.1, 0.15) is 11.4 Å². The molecule has 0 saturated carbocycles. The van der Waals surface area contributed by atoms with Crippen molar-refractivity contribution >= 4 is 11.9 Å². The number of ketones is 1. The molecule has 1 aliphatic rings. The van der Waals surface area contributed by atoms with Crippen molar-refractivity contribution in [3.63, 3.8) is 0 Å². The van der Waals surface area contributed by atoms with Crippen LogP contribution in [0.5, 0.6) is 5.75 Å². The number of likely N-dealkylation sites (tertiary alicyclic amines) is 1. The molecule has 0 bridgehead atoms. The number of rotatable bonds is 2. The van der Waals surface area contributed by atoms with E-state index in [9.17, 15) is 9.59 Å². The van der Waals surface area contributed by atoms with E-state index >= 15 is 0 Å². The van der Waals surface area contributed by atoms with Gasteiger partial charge in [-0.3, -0.25) is 4.79 Å². The molecule has 0 aliphatic carbocycles. The van der Waals surface area contributed by atoms with Gasteiger partial charge in [0.15, 0.2) is 5.78 Å². The summed E-state index contributed by atoms with van der Waals surface area (Å²) in [5, 5.41) is 0. The third-order valence-electron chi connectivity index (χ3n) is 3.57. The molecule has 5 heteroatoms. The van der Waals surface area contributed by atoms with Crippen LogP contribution in [0.15, 0.2) is 24.3 Å². The zero-order valence-corrected chi connectivity index (χ0v) is 13.6. The molecule has 120 valence electrons. The molecule has 0 spiro atoms. The number of amides is 1. The minimum atomic E-state index is -0.552. The highest BCUT2D eigenvalue weighted by Gasteiger charge is 2.32. The number of benzene rings is 1. The largest absolute Gasteiger partial charge is 0.497 e. The second kappa shape index (κ2) is 6.38. The minimum absolute atomic E-state index is 0.0327. The first-order chi connectivity index (χ1) is 10.3. The van der Waals surface area contributed by atoms with Crippen LogP contribution >= 0.6 is 0 Å². The lowest BCUT2D eigenvalue weighted by atomic mass is 9.88. The normalized spacial score (nSPS) is 19.0. The standard InChI is InChI=1S/C17H23NO4/c1-17(2,3)22-16(20)18-9-8-14(15(19)11-18)12-6-5-7-13(10-12)21-4/h5-7,10,14H,8-9,11H2,1-4H3/t14-/m0/s1. The third kappa shape index (κ3) is 4.00. The fraction of sp³-hybridized carbons (Fsp3) is 0.529. The van der Waals surface area contributed by atoms with Crippen LogP contribution in [0.25, 0.3) is 0 Å². The van der Waals surface area contributed by atoms with E-state index in [0.717, 1.165) is 11.3 Å². The maximum atomic E-state index is 12.4. The highest BCUT2D eigenvalue weighted by molar-refractivity contribution is 5.91. The van der Waals surface area contributed by atoms with Crippen molar-refractivity contribution in [3.8, 4) is 5.75 Å². The molecule has 1 fully saturated rings. The highest BCUT2D eigenvalue weighted by atomic mass is 16.6. The molecule has 0 aromatic heterocycles. The Kier molecular flexibility index (Phi) is 4.74. The van der Waals surface area contributed by atoms with Crippen molar-refractivity contribution in [2.24, 2.45) is 0 Å². The van der Waals surface area contributed by atoms with Gasteiger partial charge < -0.3 is 14.4 Å². The lowest BCUT2D eigenvalue weighted by Gasteiger charge is -2.32. The average Bonchev–Trinajstić information content (AvgIpc) is 2.45. The van der Waals surface area contributed by atoms with Crippen LogP contribution in [0, 0.1) is 0 Å². The Balaban J connectivity index is 2.04. The first-order valence-electron chi connectivity index (χ1n) is 7.45. The Bertz CT molecular complexity index is 562. The summed E-state index contributed by atoms with van der Waals surface area (Å²) in [5.41, 5.74) is 0.386. The Labute approximate surface area is 131 Å². The molecular formula is C17H23NO4. The van der Waals surface area contributed by atoms with Crippen molar-refractivity contribution in [1.82, 2.24) is 4.90 Å². The van der Waals surface area contributed by atoms with Crippen LogP contribution in [0.1, 0.15) is 38.7 Å². The molecule has 0 unspecified atom stereocenters. The van der Waals surface area contributed by atoms with Gasteiger partial charge in [0, 0.05) is 12.5 Å². The molecule has 1 saturated heterocycles. The van der Waals surface area contributed by atoms with Gasteiger partial charge in [-0.15, -0.1) is 0 Å². The van der Waals surface area contributed by atoms with E-state index in [2.05, 4.69) is 0 Å². The summed E-state index contributed by atoms with van der Waals surface area (Å²) in [7, 11) is 1.60. The second-order valence-corrected chi connectivity index (χ2v) is 6.49. The number of carbonyl (C=O) groups excluding carboxylic acids is 2. The topological polar surface area (TPSA) is 55.8 Å². The fourth-order valence-electron chi connectivity index (χ4n) is 2.52. The van der Waals surface area contributed by atoms with Gasteiger partial charge in [0.25, 0.3) is 0 Å². The summed E-state index contributed by atoms with van der Waals surface area (Å²) in [6, 6.07) is 7.53. The van der Waals surface area contributed by atoms with E-state index in [1.807, 2.05) is 45.0 Å². The molecule has 2 rings (SSSR count). The summed E-state index contributed by atoms with van der Waals surface area (Å²) in [5.74, 6) is 0.582. The molecule has 1 heterocycles. The third-order valence-corrected chi connectivity index (χ3v) is 3.57. The summed E-state index contributed by atoms with van der Waals surface area (Å²) >= 11 is 0. The van der Waals surface area contributed by atoms with E-state index < -0.39 is 11.7 Å². The lowest BCUT2D eigenvalue weighted by Crippen LogP contribution is -2.45. The summed E-state index contributed by atoms with van der Waals surface area (Å²) < 4.78 is 10.5. The molecule has 1 amide bonds. The minimum Gasteiger partial charge on any atom is -0.497 e. The first kappa shape index (κ1) is 16.3. The molecule has 0 radical (unpaired) electrons. The summed E-state index contributed by atoms with van der Waals surface area (Å²) in [4.78, 5) is 25.9. The number of piperidine rings is 1. The average molecular weight is 305 g/mol. The Morgan fingerprint density at radius 1 is 1.32 bits per heavy atom. The number of Topliss-reactive ketones (excluding diaryl/α,β-unsaturated/α-hetero) is 1. The van der Waals surface area contributed by atoms with Crippen LogP contribution in [0.3, 0.4) is 0 Å². The zero-order valence-electron chi connectivity index (χ0n) is 13.6. The maximum absolute atomic E-state index is 12.4. The first-order valence-corrected chi connectivity index (χ1v) is 7.45. The quantitative estimate of drug-likeness (QED) is 0.843. The van der Waals surface area contributed by atoms with Crippen LogP contribution in [-0.4, -0.2) is 42.6 Å². The van der Waals surface area contributed by atoms with Crippen LogP contribution < -0.4 is 4.74 Å². The van der Waals surface area contributed by atoms with Gasteiger partial charge in [-0.05, 0) is 44.9 Å². The zero-order chi connectivity index (χ0) is 16.3. The van der Waals surface area contributed by atoms with Crippen LogP contribution in [0.4, 0.5) is 4.79 Å². The predicted octanol–water partition coefficient (Wildman–Crippen LogP) is 2.99. The fourth-order valence-corrected chi connectivity index (χ4v) is 2.52. The van der Waals surface area contributed by atoms with E-state index in [4.69, 9.17) is 9.47 Å². The van der Waals surface area contributed by atoms with Crippen LogP contribution in [-0.2, 0) is 9.53 Å². The van der Waals surface area contributed by atoms with Gasteiger partial charge in [-0.1, -0.05) is 12.1 Å². The molecule has 0 N–H and O–H groups in total. The van der Waals surface area contributed by atoms with Crippen molar-refractivity contribution < 1.29 is 19.1 Å². The maximum Gasteiger partial charge on any atom is 0.410 e. The molecule has 1 aromatic carbocycles. The Morgan fingerprint density at radius 3 is 2.64 bits per heavy atom. The van der Waals surface area contributed by atoms with Gasteiger partial charge >= 0.3 is 6.09 Å². The van der Waals surface area contributed by atoms with Gasteiger partial charge in [-0.25, -0.2) is 4.79 Å².